The largest absolute Gasteiger partial charge is 0.381 e. The van der Waals surface area contributed by atoms with Crippen molar-refractivity contribution in [2.45, 2.75) is 26.9 Å². The first-order valence-electron chi connectivity index (χ1n) is 8.21. The number of rotatable bonds is 4. The van der Waals surface area contributed by atoms with Crippen LogP contribution in [0, 0.1) is 20.8 Å². The summed E-state index contributed by atoms with van der Waals surface area (Å²) in [4.78, 5) is 0. The van der Waals surface area contributed by atoms with E-state index in [2.05, 4.69) is 57.2 Å². The van der Waals surface area contributed by atoms with Crippen molar-refractivity contribution in [1.82, 2.24) is 0 Å². The van der Waals surface area contributed by atoms with E-state index in [9.17, 15) is 4.57 Å². The molecule has 0 heterocycles. The van der Waals surface area contributed by atoms with Crippen molar-refractivity contribution in [2.24, 2.45) is 0 Å². The van der Waals surface area contributed by atoms with Crippen molar-refractivity contribution in [3.63, 3.8) is 0 Å². The third-order valence-electron chi connectivity index (χ3n) is 4.40. The van der Waals surface area contributed by atoms with Crippen LogP contribution in [0.5, 0.6) is 0 Å². The molecule has 1 atom stereocenters. The van der Waals surface area contributed by atoms with Crippen LogP contribution >= 0.6 is 7.80 Å². The SMILES string of the molecule is Cc1cc(C)c(C[P+](=O)c2ccc(-c3ccccc3)cc2)c(C)c1. The Labute approximate surface area is 145 Å². The van der Waals surface area contributed by atoms with Crippen molar-refractivity contribution in [2.75, 3.05) is 0 Å². The van der Waals surface area contributed by atoms with Crippen LogP contribution in [0.25, 0.3) is 11.1 Å². The summed E-state index contributed by atoms with van der Waals surface area (Å²) in [6.07, 6.45) is 0.609. The van der Waals surface area contributed by atoms with E-state index in [0.717, 1.165) is 10.9 Å². The van der Waals surface area contributed by atoms with Gasteiger partial charge >= 0.3 is 7.80 Å². The van der Waals surface area contributed by atoms with Gasteiger partial charge in [-0.05, 0) is 67.3 Å². The topological polar surface area (TPSA) is 17.1 Å². The maximum absolute atomic E-state index is 12.8. The van der Waals surface area contributed by atoms with Crippen LogP contribution in [0.15, 0.2) is 66.7 Å². The third-order valence-corrected chi connectivity index (χ3v) is 5.88. The molecule has 1 unspecified atom stereocenters. The lowest BCUT2D eigenvalue weighted by atomic mass is 10.0. The van der Waals surface area contributed by atoms with Gasteiger partial charge < -0.3 is 0 Å². The summed E-state index contributed by atoms with van der Waals surface area (Å²) < 4.78 is 12.8. The highest BCUT2D eigenvalue weighted by atomic mass is 31.1. The molecule has 0 N–H and O–H groups in total. The van der Waals surface area contributed by atoms with Gasteiger partial charge in [-0.3, -0.25) is 0 Å². The predicted molar refractivity (Wildman–Crippen MR) is 103 cm³/mol. The van der Waals surface area contributed by atoms with Gasteiger partial charge in [0.15, 0.2) is 11.5 Å². The van der Waals surface area contributed by atoms with Gasteiger partial charge in [-0.25, -0.2) is 0 Å². The van der Waals surface area contributed by atoms with E-state index in [1.54, 1.807) is 0 Å². The first-order chi connectivity index (χ1) is 11.5. The average Bonchev–Trinajstić information content (AvgIpc) is 2.59. The summed E-state index contributed by atoms with van der Waals surface area (Å²) in [7, 11) is -1.43. The summed E-state index contributed by atoms with van der Waals surface area (Å²) in [6.45, 7) is 6.32. The quantitative estimate of drug-likeness (QED) is 0.541. The Balaban J connectivity index is 1.81. The molecule has 3 aromatic rings. The monoisotopic (exact) mass is 333 g/mol. The zero-order valence-corrected chi connectivity index (χ0v) is 15.3. The number of hydrogen-bond acceptors (Lipinski definition) is 1. The van der Waals surface area contributed by atoms with Gasteiger partial charge in [-0.2, -0.15) is 0 Å². The molecule has 0 fully saturated rings. The first-order valence-corrected chi connectivity index (χ1v) is 9.66. The molecule has 0 aliphatic rings. The molecular formula is C22H22OP+. The van der Waals surface area contributed by atoms with Gasteiger partial charge in [0.1, 0.15) is 0 Å². The molecule has 0 saturated heterocycles. The van der Waals surface area contributed by atoms with E-state index in [1.165, 1.54) is 27.8 Å². The fourth-order valence-electron chi connectivity index (χ4n) is 3.14. The third kappa shape index (κ3) is 3.63. The second-order valence-electron chi connectivity index (χ2n) is 6.33. The summed E-state index contributed by atoms with van der Waals surface area (Å²) in [6, 6.07) is 22.7. The minimum absolute atomic E-state index is 0.609. The van der Waals surface area contributed by atoms with Crippen LogP contribution in [0.1, 0.15) is 22.3 Å². The lowest BCUT2D eigenvalue weighted by Gasteiger charge is -2.06. The summed E-state index contributed by atoms with van der Waals surface area (Å²) in [5.41, 5.74) is 7.29. The van der Waals surface area contributed by atoms with Crippen molar-refractivity contribution >= 4 is 13.1 Å². The van der Waals surface area contributed by atoms with Crippen LogP contribution in [-0.4, -0.2) is 0 Å². The van der Waals surface area contributed by atoms with Crippen LogP contribution in [0.4, 0.5) is 0 Å². The van der Waals surface area contributed by atoms with Gasteiger partial charge in [0.25, 0.3) is 0 Å². The highest BCUT2D eigenvalue weighted by Crippen LogP contribution is 2.31. The van der Waals surface area contributed by atoms with Gasteiger partial charge in [-0.1, -0.05) is 52.6 Å². The molecule has 120 valence electrons. The number of hydrogen-bond donors (Lipinski definition) is 0. The molecule has 0 saturated carbocycles. The Kier molecular flexibility index (Phi) is 4.92. The molecule has 1 nitrogen and oxygen atoms in total. The van der Waals surface area contributed by atoms with Crippen molar-refractivity contribution in [3.8, 4) is 11.1 Å². The van der Waals surface area contributed by atoms with Crippen molar-refractivity contribution in [1.29, 1.82) is 0 Å². The second kappa shape index (κ2) is 7.11. The van der Waals surface area contributed by atoms with Crippen LogP contribution in [0.2, 0.25) is 0 Å². The normalized spacial score (nSPS) is 11.4. The molecule has 24 heavy (non-hydrogen) atoms. The lowest BCUT2D eigenvalue weighted by molar-refractivity contribution is 0.592. The molecule has 2 heteroatoms. The highest BCUT2D eigenvalue weighted by molar-refractivity contribution is 7.52. The van der Waals surface area contributed by atoms with E-state index in [4.69, 9.17) is 0 Å². The smallest absolute Gasteiger partial charge is 0.0677 e. The molecular weight excluding hydrogens is 311 g/mol. The van der Waals surface area contributed by atoms with E-state index in [0.29, 0.717) is 6.16 Å². The maximum atomic E-state index is 12.8. The van der Waals surface area contributed by atoms with Crippen LogP contribution in [-0.2, 0) is 10.7 Å². The number of benzene rings is 3. The predicted octanol–water partition coefficient (Wildman–Crippen LogP) is 5.93. The van der Waals surface area contributed by atoms with Crippen LogP contribution < -0.4 is 5.30 Å². The van der Waals surface area contributed by atoms with Crippen molar-refractivity contribution in [3.05, 3.63) is 89.0 Å². The van der Waals surface area contributed by atoms with Gasteiger partial charge in [0.05, 0.1) is 0 Å². The molecule has 0 aromatic heterocycles. The molecule has 0 spiro atoms. The fraction of sp³-hybridized carbons (Fsp3) is 0.182. The fourth-order valence-corrected chi connectivity index (χ4v) is 4.60. The van der Waals surface area contributed by atoms with E-state index < -0.39 is 7.80 Å². The standard InChI is InChI=1S/C22H22OP/c1-16-13-17(2)22(18(3)14-16)15-24(23)21-11-9-20(10-12-21)19-7-5-4-6-8-19/h4-14H,15H2,1-3H3/q+1. The minimum atomic E-state index is -1.43. The Bertz CT molecular complexity index is 841. The Morgan fingerprint density at radius 1 is 0.750 bits per heavy atom. The van der Waals surface area contributed by atoms with Gasteiger partial charge in [0.2, 0.25) is 0 Å². The highest BCUT2D eigenvalue weighted by Gasteiger charge is 2.22. The number of aryl methyl sites for hydroxylation is 3. The Morgan fingerprint density at radius 3 is 1.88 bits per heavy atom. The van der Waals surface area contributed by atoms with Gasteiger partial charge in [-0.15, -0.1) is 0 Å². The molecule has 3 aromatic carbocycles. The Morgan fingerprint density at radius 2 is 1.29 bits per heavy atom. The van der Waals surface area contributed by atoms with E-state index in [-0.39, 0.29) is 0 Å². The second-order valence-corrected chi connectivity index (χ2v) is 7.92. The molecule has 0 amide bonds. The summed E-state index contributed by atoms with van der Waals surface area (Å²) in [5.74, 6) is 0. The molecule has 0 aliphatic carbocycles. The first kappa shape index (κ1) is 16.6. The maximum Gasteiger partial charge on any atom is 0.381 e. The average molecular weight is 333 g/mol. The molecule has 3 rings (SSSR count). The van der Waals surface area contributed by atoms with Gasteiger partial charge in [0, 0.05) is 5.56 Å². The van der Waals surface area contributed by atoms with Crippen LogP contribution in [0.3, 0.4) is 0 Å². The van der Waals surface area contributed by atoms with Crippen molar-refractivity contribution < 1.29 is 4.57 Å². The lowest BCUT2D eigenvalue weighted by Crippen LogP contribution is -2.00. The summed E-state index contributed by atoms with van der Waals surface area (Å²) in [5, 5.41) is 0.920. The van der Waals surface area contributed by atoms with E-state index in [1.807, 2.05) is 30.3 Å². The Hall–Kier alpha value is -2.24. The molecule has 0 bridgehead atoms. The van der Waals surface area contributed by atoms with E-state index >= 15 is 0 Å². The zero-order chi connectivity index (χ0) is 17.1. The molecule has 0 radical (unpaired) electrons. The molecule has 0 aliphatic heterocycles. The zero-order valence-electron chi connectivity index (χ0n) is 14.4. The summed E-state index contributed by atoms with van der Waals surface area (Å²) >= 11 is 0. The minimum Gasteiger partial charge on any atom is -0.0677 e.